The molecular weight excluding hydrogens is 1080 g/mol. The number of rotatable bonds is 30. The maximum absolute atomic E-state index is 14.0. The number of thiazole rings is 1. The smallest absolute Gasteiger partial charge is 0.247 e. The molecule has 2 aliphatic rings. The van der Waals surface area contributed by atoms with Crippen molar-refractivity contribution in [3.63, 3.8) is 0 Å². The van der Waals surface area contributed by atoms with Crippen LogP contribution in [0.4, 0.5) is 11.5 Å². The molecule has 21 nitrogen and oxygen atoms in total. The molecule has 3 aromatic heterocycles. The number of anilines is 2. The van der Waals surface area contributed by atoms with Gasteiger partial charge < -0.3 is 60.3 Å². The van der Waals surface area contributed by atoms with Crippen LogP contribution in [0.5, 0.6) is 11.5 Å². The first-order chi connectivity index (χ1) is 40.2. The molecule has 6 aromatic rings. The molecule has 5 heterocycles. The van der Waals surface area contributed by atoms with Gasteiger partial charge in [0.2, 0.25) is 23.6 Å². The van der Waals surface area contributed by atoms with Crippen molar-refractivity contribution < 1.29 is 48.0 Å². The molecule has 0 aliphatic carbocycles. The Bertz CT molecular complexity index is 3090. The van der Waals surface area contributed by atoms with Crippen LogP contribution in [0.15, 0.2) is 97.3 Å². The maximum atomic E-state index is 14.0. The predicted molar refractivity (Wildman–Crippen MR) is 319 cm³/mol. The zero-order valence-electron chi connectivity index (χ0n) is 48.1. The van der Waals surface area contributed by atoms with Gasteiger partial charge in [0.15, 0.2) is 11.4 Å². The highest BCUT2D eigenvalue weighted by molar-refractivity contribution is 7.13. The van der Waals surface area contributed by atoms with Crippen LogP contribution >= 0.6 is 11.3 Å². The number of hydrogen-bond acceptors (Lipinski definition) is 17. The molecule has 3 atom stereocenters. The van der Waals surface area contributed by atoms with Crippen LogP contribution < -0.4 is 26.4 Å². The second-order valence-corrected chi connectivity index (χ2v) is 22.7. The first-order valence-corrected chi connectivity index (χ1v) is 29.4. The number of aromatic nitrogens is 5. The minimum absolute atomic E-state index is 0.0153. The van der Waals surface area contributed by atoms with Gasteiger partial charge >= 0.3 is 0 Å². The van der Waals surface area contributed by atoms with Crippen LogP contribution in [0.3, 0.4) is 0 Å². The number of β-amino-alcohol motifs (C(OH)–C–C–N with tert-alkyl or cyclic N) is 1. The zero-order valence-corrected chi connectivity index (χ0v) is 48.9. The van der Waals surface area contributed by atoms with Crippen LogP contribution in [-0.2, 0) is 44.7 Å². The normalized spacial score (nSPS) is 16.2. The molecule has 4 amide bonds. The predicted octanol–water partition coefficient (Wildman–Crippen LogP) is 7.50. The van der Waals surface area contributed by atoms with E-state index in [0.717, 1.165) is 85.4 Å². The Balaban J connectivity index is 0.649. The highest BCUT2D eigenvalue weighted by Crippen LogP contribution is 2.39. The number of likely N-dealkylation sites (tertiary alicyclic amines) is 2. The summed E-state index contributed by atoms with van der Waals surface area (Å²) in [6.07, 6.45) is 8.04. The lowest BCUT2D eigenvalue weighted by atomic mass is 9.85. The fourth-order valence-corrected chi connectivity index (χ4v) is 11.0. The third-order valence-corrected chi connectivity index (χ3v) is 15.6. The number of nitrogen functional groups attached to an aromatic ring is 1. The Kier molecular flexibility index (Phi) is 22.7. The van der Waals surface area contributed by atoms with Gasteiger partial charge in [0.05, 0.1) is 78.9 Å². The van der Waals surface area contributed by atoms with Crippen molar-refractivity contribution in [2.45, 2.75) is 103 Å². The van der Waals surface area contributed by atoms with Gasteiger partial charge in [-0.1, -0.05) is 82.7 Å². The first kappa shape index (κ1) is 61.9. The lowest BCUT2D eigenvalue weighted by Gasteiger charge is -2.35. The summed E-state index contributed by atoms with van der Waals surface area (Å²) in [5.41, 5.74) is 13.0. The van der Waals surface area contributed by atoms with E-state index < -0.39 is 35.4 Å². The molecule has 0 spiro atoms. The molecule has 444 valence electrons. The fourth-order valence-electron chi connectivity index (χ4n) is 10.2. The molecule has 6 N–H and O–H groups in total. The van der Waals surface area contributed by atoms with Gasteiger partial charge in [-0.05, 0) is 92.1 Å². The Morgan fingerprint density at radius 2 is 1.54 bits per heavy atom. The number of fused-ring (bicyclic) bond motifs is 1. The minimum Gasteiger partial charge on any atom is -0.455 e. The third-order valence-electron chi connectivity index (χ3n) is 14.7. The second kappa shape index (κ2) is 30.4. The van der Waals surface area contributed by atoms with E-state index in [2.05, 4.69) is 42.4 Å². The molecule has 2 saturated heterocycles. The van der Waals surface area contributed by atoms with E-state index in [4.69, 9.17) is 34.5 Å². The molecule has 2 fully saturated rings. The summed E-state index contributed by atoms with van der Waals surface area (Å²) in [4.78, 5) is 71.2. The lowest BCUT2D eigenvalue weighted by molar-refractivity contribution is -0.144. The number of unbranched alkanes of at least 4 members (excludes halogenated alkanes) is 3. The number of benzene rings is 3. The van der Waals surface area contributed by atoms with Crippen molar-refractivity contribution in [2.75, 3.05) is 90.1 Å². The van der Waals surface area contributed by atoms with E-state index in [0.29, 0.717) is 72.8 Å². The Morgan fingerprint density at radius 1 is 0.855 bits per heavy atom. The van der Waals surface area contributed by atoms with Crippen LogP contribution in [0.1, 0.15) is 83.0 Å². The summed E-state index contributed by atoms with van der Waals surface area (Å²) in [5, 5.41) is 25.0. The van der Waals surface area contributed by atoms with E-state index >= 15 is 0 Å². The van der Waals surface area contributed by atoms with Crippen molar-refractivity contribution >= 4 is 57.5 Å². The Labute approximate surface area is 489 Å². The standard InChI is InChI=1S/C61H79N11O10S/c1-6-51(74)67-48-34-44(20-21-50(48)82-47-14-10-9-11-15-47)54-53-57(62)64-39-65-58(53)72(69-54)45-22-25-70(26-23-45)24-12-7-8-13-27-78-28-29-79-30-31-80-32-33-81-38-52(75)68-56(61(3,4)5)60(77)71-37-46(73)35-49(71)59(76)63-36-42-16-18-43(19-17-42)55-41(2)66-40-83-55/h6,9-11,14-21,34,39-40,45-46,49,56,73H,1,7-8,12-13,22-33,35-38H2,2-5H3,(H,63,76)(H,67,74)(H,68,75)(H2,62,64,65)/t46-,49+,56-/m1/s1. The SMILES string of the molecule is C=CC(=O)Nc1cc(-c2nn(C3CCN(CCCCCCOCCOCCOCCOCC(=O)N[C@H](C(=O)N4C[C@H](O)C[C@H]4C(=O)NCc4ccc(-c5scnc5C)cc4)C(C)(C)C)CC3)c3ncnc(N)c23)ccc1Oc1ccccc1. The monoisotopic (exact) mass is 1160 g/mol. The molecule has 83 heavy (non-hydrogen) atoms. The first-order valence-electron chi connectivity index (χ1n) is 28.5. The van der Waals surface area contributed by atoms with Gasteiger partial charge in [0.1, 0.15) is 42.3 Å². The lowest BCUT2D eigenvalue weighted by Crippen LogP contribution is -2.58. The van der Waals surface area contributed by atoms with Gasteiger partial charge in [-0.2, -0.15) is 5.10 Å². The number of carbonyl (C=O) groups is 4. The summed E-state index contributed by atoms with van der Waals surface area (Å²) < 4.78 is 30.8. The third kappa shape index (κ3) is 17.4. The van der Waals surface area contributed by atoms with E-state index in [1.165, 1.54) is 17.3 Å². The number of hydrogen-bond donors (Lipinski definition) is 5. The van der Waals surface area contributed by atoms with Gasteiger partial charge in [0.25, 0.3) is 0 Å². The summed E-state index contributed by atoms with van der Waals surface area (Å²) in [6, 6.07) is 21.0. The maximum Gasteiger partial charge on any atom is 0.247 e. The van der Waals surface area contributed by atoms with Crippen LogP contribution in [0, 0.1) is 12.3 Å². The molecule has 22 heteroatoms. The van der Waals surface area contributed by atoms with Gasteiger partial charge in [-0.25, -0.2) is 19.6 Å². The highest BCUT2D eigenvalue weighted by Gasteiger charge is 2.44. The average Bonchev–Trinajstić information content (AvgIpc) is 3.86. The number of aryl methyl sites for hydroxylation is 1. The van der Waals surface area contributed by atoms with Gasteiger partial charge in [-0.15, -0.1) is 11.3 Å². The summed E-state index contributed by atoms with van der Waals surface area (Å²) in [6.45, 7) is 16.8. The summed E-state index contributed by atoms with van der Waals surface area (Å²) in [7, 11) is 0. The number of amides is 4. The van der Waals surface area contributed by atoms with E-state index in [1.54, 1.807) is 17.4 Å². The van der Waals surface area contributed by atoms with Crippen molar-refractivity contribution in [1.82, 2.24) is 45.2 Å². The number of nitrogens with one attached hydrogen (secondary N) is 3. The summed E-state index contributed by atoms with van der Waals surface area (Å²) in [5.74, 6) is -0.218. The topological polar surface area (TPSA) is 260 Å². The zero-order chi connectivity index (χ0) is 58.7. The van der Waals surface area contributed by atoms with Crippen molar-refractivity contribution in [1.29, 1.82) is 0 Å². The van der Waals surface area contributed by atoms with E-state index in [9.17, 15) is 24.3 Å². The van der Waals surface area contributed by atoms with Crippen LogP contribution in [0.2, 0.25) is 0 Å². The molecule has 8 rings (SSSR count). The van der Waals surface area contributed by atoms with Crippen molar-refractivity contribution in [3.05, 3.63) is 109 Å². The molecule has 0 bridgehead atoms. The quantitative estimate of drug-likeness (QED) is 0.0216. The van der Waals surface area contributed by atoms with E-state index in [-0.39, 0.29) is 57.2 Å². The number of para-hydroxylation sites is 1. The number of aliphatic hydroxyl groups is 1. The highest BCUT2D eigenvalue weighted by atomic mass is 32.1. The molecule has 0 radical (unpaired) electrons. The summed E-state index contributed by atoms with van der Waals surface area (Å²) >= 11 is 1.57. The van der Waals surface area contributed by atoms with Gasteiger partial charge in [0, 0.05) is 44.8 Å². The Morgan fingerprint density at radius 3 is 2.23 bits per heavy atom. The minimum atomic E-state index is -0.963. The fraction of sp³-hybridized carbons (Fsp3) is 0.475. The Hall–Kier alpha value is -7.18. The number of piperidine rings is 1. The molecular formula is C61H79N11O10S. The number of nitrogens with two attached hydrogens (primary N) is 1. The molecule has 0 saturated carbocycles. The van der Waals surface area contributed by atoms with Crippen LogP contribution in [-0.4, -0.2) is 160 Å². The van der Waals surface area contributed by atoms with Crippen molar-refractivity contribution in [3.8, 4) is 33.2 Å². The number of ether oxygens (including phenoxy) is 5. The second-order valence-electron chi connectivity index (χ2n) is 21.9. The van der Waals surface area contributed by atoms with Crippen molar-refractivity contribution in [2.24, 2.45) is 5.41 Å². The number of aliphatic hydroxyl groups excluding tert-OH is 1. The molecule has 3 aromatic carbocycles. The molecule has 0 unspecified atom stereocenters. The van der Waals surface area contributed by atoms with Crippen LogP contribution in [0.25, 0.3) is 32.7 Å². The average molecular weight is 1160 g/mol. The molecule has 2 aliphatic heterocycles. The number of nitrogens with zero attached hydrogens (tertiary/aromatic N) is 7. The van der Waals surface area contributed by atoms with Gasteiger partial charge in [-0.3, -0.25) is 19.2 Å². The number of carbonyl (C=O) groups excluding carboxylic acids is 4. The largest absolute Gasteiger partial charge is 0.455 e. The van der Waals surface area contributed by atoms with E-state index in [1.807, 2.05) is 105 Å².